The van der Waals surface area contributed by atoms with Crippen LogP contribution < -0.4 is 0 Å². The topological polar surface area (TPSA) is 35.9 Å². The van der Waals surface area contributed by atoms with Crippen LogP contribution in [0.5, 0.6) is 0 Å². The number of carbonyl (C=O) groups excluding carboxylic acids is 1. The molecule has 0 aromatic heterocycles. The summed E-state index contributed by atoms with van der Waals surface area (Å²) < 4.78 is 0. The van der Waals surface area contributed by atoms with E-state index in [2.05, 4.69) is 4.90 Å². The van der Waals surface area contributed by atoms with Gasteiger partial charge < -0.3 is 0 Å². The summed E-state index contributed by atoms with van der Waals surface area (Å²) in [5, 5.41) is 7.79. The summed E-state index contributed by atoms with van der Waals surface area (Å²) in [4.78, 5) is 15.1. The summed E-state index contributed by atoms with van der Waals surface area (Å²) in [6.07, 6.45) is -0.398. The first-order valence-corrected chi connectivity index (χ1v) is 10.9. The van der Waals surface area contributed by atoms with Crippen LogP contribution in [0, 0.1) is 0 Å². The summed E-state index contributed by atoms with van der Waals surface area (Å²) in [5.74, 6) is -0.0830. The zero-order chi connectivity index (χ0) is 22.0. The molecule has 31 heavy (non-hydrogen) atoms. The predicted octanol–water partition coefficient (Wildman–Crippen LogP) is 6.41. The first-order valence-electron chi connectivity index (χ1n) is 9.78. The molecule has 3 aromatic rings. The summed E-state index contributed by atoms with van der Waals surface area (Å²) in [5.41, 5.74) is 3.58. The molecule has 1 saturated heterocycles. The lowest BCUT2D eigenvalue weighted by atomic mass is 10.1. The highest BCUT2D eigenvalue weighted by molar-refractivity contribution is 6.42. The van der Waals surface area contributed by atoms with E-state index in [0.717, 1.165) is 22.4 Å². The Balaban J connectivity index is 1.72. The van der Waals surface area contributed by atoms with E-state index in [-0.39, 0.29) is 12.5 Å². The van der Waals surface area contributed by atoms with Gasteiger partial charge in [0, 0.05) is 11.6 Å². The van der Waals surface area contributed by atoms with Crippen LogP contribution in [0.25, 0.3) is 0 Å². The fraction of sp³-hybridized carbons (Fsp3) is 0.167. The average Bonchev–Trinajstić information content (AvgIpc) is 3.06. The van der Waals surface area contributed by atoms with Gasteiger partial charge >= 0.3 is 0 Å². The minimum Gasteiger partial charge on any atom is -0.271 e. The van der Waals surface area contributed by atoms with Crippen molar-refractivity contribution in [3.05, 3.63) is 105 Å². The number of benzene rings is 3. The predicted molar refractivity (Wildman–Crippen MR) is 127 cm³/mol. The third-order valence-electron chi connectivity index (χ3n) is 5.16. The van der Waals surface area contributed by atoms with Gasteiger partial charge in [-0.15, -0.1) is 0 Å². The van der Waals surface area contributed by atoms with Crippen LogP contribution in [0.3, 0.4) is 0 Å². The number of hydrogen-bond donors (Lipinski definition) is 0. The maximum absolute atomic E-state index is 13.0. The van der Waals surface area contributed by atoms with Gasteiger partial charge in [-0.3, -0.25) is 9.69 Å². The molecule has 0 aliphatic carbocycles. The van der Waals surface area contributed by atoms with Gasteiger partial charge in [-0.2, -0.15) is 5.10 Å². The van der Waals surface area contributed by atoms with Crippen LogP contribution in [0.4, 0.5) is 0 Å². The second-order valence-electron chi connectivity index (χ2n) is 7.37. The molecule has 3 aromatic carbocycles. The quantitative estimate of drug-likeness (QED) is 0.402. The van der Waals surface area contributed by atoms with Crippen molar-refractivity contribution in [1.29, 1.82) is 0 Å². The van der Waals surface area contributed by atoms with Gasteiger partial charge in [-0.1, -0.05) is 83.3 Å². The smallest absolute Gasteiger partial charge is 0.258 e. The first-order chi connectivity index (χ1) is 14.9. The Morgan fingerprint density at radius 3 is 2.35 bits per heavy atom. The van der Waals surface area contributed by atoms with Crippen LogP contribution in [0.15, 0.2) is 77.9 Å². The molecule has 0 radical (unpaired) electrons. The molecule has 1 aliphatic rings. The van der Waals surface area contributed by atoms with Crippen molar-refractivity contribution in [3.8, 4) is 0 Å². The molecule has 1 atom stereocenters. The van der Waals surface area contributed by atoms with Crippen LogP contribution in [0.1, 0.15) is 29.8 Å². The normalized spacial score (nSPS) is 17.4. The highest BCUT2D eigenvalue weighted by Gasteiger charge is 2.39. The van der Waals surface area contributed by atoms with E-state index in [4.69, 9.17) is 39.9 Å². The van der Waals surface area contributed by atoms with E-state index < -0.39 is 6.17 Å². The number of carbonyl (C=O) groups is 1. The zero-order valence-electron chi connectivity index (χ0n) is 16.8. The minimum absolute atomic E-state index is 0.0830. The van der Waals surface area contributed by atoms with Crippen LogP contribution >= 0.6 is 34.8 Å². The van der Waals surface area contributed by atoms with Crippen molar-refractivity contribution in [1.82, 2.24) is 9.91 Å². The minimum atomic E-state index is -0.398. The Morgan fingerprint density at radius 1 is 0.968 bits per heavy atom. The van der Waals surface area contributed by atoms with Crippen molar-refractivity contribution in [2.24, 2.45) is 5.10 Å². The molecule has 0 bridgehead atoms. The van der Waals surface area contributed by atoms with Crippen molar-refractivity contribution >= 4 is 46.4 Å². The highest BCUT2D eigenvalue weighted by atomic mass is 35.5. The van der Waals surface area contributed by atoms with Crippen molar-refractivity contribution in [2.45, 2.75) is 19.6 Å². The lowest BCUT2D eigenvalue weighted by Gasteiger charge is -2.28. The highest BCUT2D eigenvalue weighted by Crippen LogP contribution is 2.35. The molecule has 0 unspecified atom stereocenters. The third-order valence-corrected chi connectivity index (χ3v) is 6.15. The Morgan fingerprint density at radius 2 is 1.68 bits per heavy atom. The maximum Gasteiger partial charge on any atom is 0.258 e. The van der Waals surface area contributed by atoms with Gasteiger partial charge in [0.15, 0.2) is 0 Å². The molecule has 0 N–H and O–H groups in total. The third kappa shape index (κ3) is 4.94. The average molecular weight is 473 g/mol. The van der Waals surface area contributed by atoms with E-state index in [9.17, 15) is 4.79 Å². The van der Waals surface area contributed by atoms with Gasteiger partial charge in [-0.05, 0) is 47.9 Å². The molecule has 1 fully saturated rings. The molecule has 4 nitrogen and oxygen atoms in total. The molecule has 1 heterocycles. The van der Waals surface area contributed by atoms with E-state index in [1.807, 2.05) is 55.5 Å². The van der Waals surface area contributed by atoms with Crippen LogP contribution in [-0.4, -0.2) is 28.1 Å². The first kappa shape index (κ1) is 21.8. The molecule has 4 rings (SSSR count). The standard InChI is InChI=1S/C24H20Cl3N3O/c1-16(18-7-10-20(25)11-8-18)28-30-23(31)15-29(14-17-5-3-2-4-6-17)24(30)19-9-12-21(26)22(27)13-19/h2-13,24H,14-15H2,1H3/b28-16-/t24-/m0/s1. The Labute approximate surface area is 196 Å². The Bertz CT molecular complexity index is 1120. The number of amides is 1. The molecule has 1 amide bonds. The van der Waals surface area contributed by atoms with Gasteiger partial charge in [0.25, 0.3) is 5.91 Å². The molecular formula is C24H20Cl3N3O. The summed E-state index contributed by atoms with van der Waals surface area (Å²) in [7, 11) is 0. The fourth-order valence-electron chi connectivity index (χ4n) is 3.63. The van der Waals surface area contributed by atoms with Crippen LogP contribution in [-0.2, 0) is 11.3 Å². The van der Waals surface area contributed by atoms with Gasteiger partial charge in [0.05, 0.1) is 22.3 Å². The van der Waals surface area contributed by atoms with E-state index in [1.165, 1.54) is 5.01 Å². The Kier molecular flexibility index (Phi) is 6.63. The number of hydrogen-bond acceptors (Lipinski definition) is 3. The van der Waals surface area contributed by atoms with E-state index >= 15 is 0 Å². The monoisotopic (exact) mass is 471 g/mol. The summed E-state index contributed by atoms with van der Waals surface area (Å²) >= 11 is 18.4. The van der Waals surface area contributed by atoms with Crippen molar-refractivity contribution < 1.29 is 4.79 Å². The zero-order valence-corrected chi connectivity index (χ0v) is 19.1. The van der Waals surface area contributed by atoms with Crippen molar-refractivity contribution in [3.63, 3.8) is 0 Å². The van der Waals surface area contributed by atoms with Gasteiger partial charge in [0.1, 0.15) is 6.17 Å². The van der Waals surface area contributed by atoms with Gasteiger partial charge in [0.2, 0.25) is 0 Å². The number of rotatable bonds is 5. The lowest BCUT2D eigenvalue weighted by molar-refractivity contribution is -0.128. The maximum atomic E-state index is 13.0. The molecule has 7 heteroatoms. The fourth-order valence-corrected chi connectivity index (χ4v) is 4.06. The lowest BCUT2D eigenvalue weighted by Crippen LogP contribution is -2.29. The summed E-state index contributed by atoms with van der Waals surface area (Å²) in [6, 6.07) is 22.8. The molecule has 1 aliphatic heterocycles. The molecular weight excluding hydrogens is 453 g/mol. The van der Waals surface area contributed by atoms with Crippen molar-refractivity contribution in [2.75, 3.05) is 6.54 Å². The van der Waals surface area contributed by atoms with Crippen LogP contribution in [0.2, 0.25) is 15.1 Å². The molecule has 158 valence electrons. The number of nitrogens with zero attached hydrogens (tertiary/aromatic N) is 3. The second-order valence-corrected chi connectivity index (χ2v) is 8.62. The van der Waals surface area contributed by atoms with Gasteiger partial charge in [-0.25, -0.2) is 5.01 Å². The van der Waals surface area contributed by atoms with E-state index in [1.54, 1.807) is 24.3 Å². The SMILES string of the molecule is C/C(=N/N1C(=O)CN(Cc2ccccc2)[C@@H]1c1ccc(Cl)c(Cl)c1)c1ccc(Cl)cc1. The van der Waals surface area contributed by atoms with E-state index in [0.29, 0.717) is 21.6 Å². The largest absolute Gasteiger partial charge is 0.271 e. The molecule has 0 saturated carbocycles. The summed E-state index contributed by atoms with van der Waals surface area (Å²) in [6.45, 7) is 2.73. The number of halogens is 3. The number of hydrazone groups is 1. The molecule has 0 spiro atoms. The Hall–Kier alpha value is -2.37. The second kappa shape index (κ2) is 9.41.